The number of ether oxygens (including phenoxy) is 1. The van der Waals surface area contributed by atoms with Gasteiger partial charge in [-0.3, -0.25) is 9.59 Å². The van der Waals surface area contributed by atoms with Crippen molar-refractivity contribution in [3.8, 4) is 0 Å². The Kier molecular flexibility index (Phi) is 7.76. The van der Waals surface area contributed by atoms with E-state index < -0.39 is 29.3 Å². The van der Waals surface area contributed by atoms with Crippen LogP contribution in [-0.2, 0) is 14.3 Å². The zero-order chi connectivity index (χ0) is 16.6. The van der Waals surface area contributed by atoms with Crippen LogP contribution in [0.3, 0.4) is 0 Å². The molecule has 0 radical (unpaired) electrons. The van der Waals surface area contributed by atoms with Gasteiger partial charge in [0.15, 0.2) is 0 Å². The van der Waals surface area contributed by atoms with Crippen molar-refractivity contribution in [3.63, 3.8) is 0 Å². The summed E-state index contributed by atoms with van der Waals surface area (Å²) in [5.74, 6) is -1.75. The number of aliphatic carboxylic acids is 1. The first-order valence-corrected chi connectivity index (χ1v) is 7.04. The number of methoxy groups -OCH3 is 1. The summed E-state index contributed by atoms with van der Waals surface area (Å²) in [4.78, 5) is 36.0. The highest BCUT2D eigenvalue weighted by Crippen LogP contribution is 2.25. The number of carbonyl (C=O) groups excluding carboxylic acids is 2. The molecule has 0 rings (SSSR count). The fourth-order valence-electron chi connectivity index (χ4n) is 2.03. The Hall–Kier alpha value is -1.79. The Morgan fingerprint density at radius 3 is 2.19 bits per heavy atom. The van der Waals surface area contributed by atoms with Crippen LogP contribution in [0, 0.1) is 11.3 Å². The molecule has 0 aliphatic rings. The fourth-order valence-corrected chi connectivity index (χ4v) is 2.03. The van der Waals surface area contributed by atoms with Gasteiger partial charge in [0.1, 0.15) is 0 Å². The number of hydrogen-bond donors (Lipinski definition) is 2. The smallest absolute Gasteiger partial charge is 0.317 e. The lowest BCUT2D eigenvalue weighted by atomic mass is 9.82. The molecule has 21 heavy (non-hydrogen) atoms. The molecule has 2 N–H and O–H groups in total. The number of esters is 1. The van der Waals surface area contributed by atoms with Gasteiger partial charge in [-0.2, -0.15) is 0 Å². The Bertz CT molecular complexity index is 380. The number of hydrogen-bond acceptors (Lipinski definition) is 4. The highest BCUT2D eigenvalue weighted by Gasteiger charge is 2.35. The molecule has 0 saturated carbocycles. The van der Waals surface area contributed by atoms with Crippen LogP contribution in [-0.4, -0.2) is 55.2 Å². The number of nitrogens with one attached hydrogen (secondary N) is 1. The number of carboxylic acid groups (broad SMARTS) is 1. The molecule has 0 fully saturated rings. The molecule has 0 aliphatic heterocycles. The van der Waals surface area contributed by atoms with Crippen LogP contribution in [0.15, 0.2) is 0 Å². The van der Waals surface area contributed by atoms with Crippen molar-refractivity contribution in [1.82, 2.24) is 10.2 Å². The van der Waals surface area contributed by atoms with Crippen LogP contribution in [0.25, 0.3) is 0 Å². The molecule has 2 amide bonds. The van der Waals surface area contributed by atoms with Gasteiger partial charge in [-0.1, -0.05) is 20.8 Å². The zero-order valence-corrected chi connectivity index (χ0v) is 13.4. The first-order valence-electron chi connectivity index (χ1n) is 7.04. The third-order valence-electron chi connectivity index (χ3n) is 3.88. The summed E-state index contributed by atoms with van der Waals surface area (Å²) >= 11 is 0. The minimum Gasteiger partial charge on any atom is -0.481 e. The minimum absolute atomic E-state index is 0.0606. The van der Waals surface area contributed by atoms with Crippen LogP contribution in [0.5, 0.6) is 0 Å². The maximum Gasteiger partial charge on any atom is 0.317 e. The minimum atomic E-state index is -0.954. The van der Waals surface area contributed by atoms with E-state index in [-0.39, 0.29) is 13.1 Å². The van der Waals surface area contributed by atoms with E-state index in [1.165, 1.54) is 12.0 Å². The predicted octanol–water partition coefficient (Wildman–Crippen LogP) is 1.33. The van der Waals surface area contributed by atoms with Gasteiger partial charge in [0.25, 0.3) is 0 Å². The van der Waals surface area contributed by atoms with Crippen LogP contribution in [0.2, 0.25) is 0 Å². The largest absolute Gasteiger partial charge is 0.481 e. The SMILES string of the molecule is CCC(CC)(CNC(=O)N(C)CC(C)C(=O)OC)C(=O)O. The van der Waals surface area contributed by atoms with E-state index in [0.717, 1.165) is 0 Å². The lowest BCUT2D eigenvalue weighted by Gasteiger charge is -2.28. The summed E-state index contributed by atoms with van der Waals surface area (Å²) in [5, 5.41) is 11.9. The molecule has 7 nitrogen and oxygen atoms in total. The highest BCUT2D eigenvalue weighted by atomic mass is 16.5. The third kappa shape index (κ3) is 5.24. The van der Waals surface area contributed by atoms with Crippen LogP contribution >= 0.6 is 0 Å². The van der Waals surface area contributed by atoms with Crippen molar-refractivity contribution < 1.29 is 24.2 Å². The van der Waals surface area contributed by atoms with Gasteiger partial charge in [0.2, 0.25) is 0 Å². The van der Waals surface area contributed by atoms with E-state index in [9.17, 15) is 19.5 Å². The Morgan fingerprint density at radius 2 is 1.81 bits per heavy atom. The van der Waals surface area contributed by atoms with E-state index in [1.807, 2.05) is 0 Å². The number of rotatable bonds is 8. The first kappa shape index (κ1) is 19.2. The van der Waals surface area contributed by atoms with Crippen molar-refractivity contribution >= 4 is 18.0 Å². The summed E-state index contributed by atoms with van der Waals surface area (Å²) in [6.45, 7) is 5.50. The Morgan fingerprint density at radius 1 is 1.29 bits per heavy atom. The molecule has 7 heteroatoms. The molecule has 0 aromatic rings. The van der Waals surface area contributed by atoms with Gasteiger partial charge in [-0.25, -0.2) is 4.79 Å². The number of carboxylic acids is 1. The van der Waals surface area contributed by atoms with E-state index in [4.69, 9.17) is 0 Å². The quantitative estimate of drug-likeness (QED) is 0.659. The van der Waals surface area contributed by atoms with Gasteiger partial charge < -0.3 is 20.1 Å². The summed E-state index contributed by atoms with van der Waals surface area (Å²) < 4.78 is 4.60. The fraction of sp³-hybridized carbons (Fsp3) is 0.786. The lowest BCUT2D eigenvalue weighted by Crippen LogP contribution is -2.47. The van der Waals surface area contributed by atoms with Crippen molar-refractivity contribution in [2.75, 3.05) is 27.2 Å². The van der Waals surface area contributed by atoms with Crippen molar-refractivity contribution in [2.24, 2.45) is 11.3 Å². The monoisotopic (exact) mass is 302 g/mol. The Balaban J connectivity index is 4.55. The molecular weight excluding hydrogens is 276 g/mol. The summed E-state index contributed by atoms with van der Waals surface area (Å²) in [6, 6.07) is -0.404. The average Bonchev–Trinajstić information content (AvgIpc) is 2.46. The zero-order valence-electron chi connectivity index (χ0n) is 13.4. The van der Waals surface area contributed by atoms with Crippen LogP contribution in [0.1, 0.15) is 33.6 Å². The maximum absolute atomic E-state index is 12.0. The molecule has 1 atom stereocenters. The van der Waals surface area contributed by atoms with Crippen molar-refractivity contribution in [1.29, 1.82) is 0 Å². The summed E-state index contributed by atoms with van der Waals surface area (Å²) in [7, 11) is 2.84. The highest BCUT2D eigenvalue weighted by molar-refractivity contribution is 5.78. The van der Waals surface area contributed by atoms with Gasteiger partial charge in [-0.05, 0) is 12.8 Å². The molecule has 0 spiro atoms. The van der Waals surface area contributed by atoms with E-state index in [2.05, 4.69) is 10.1 Å². The second kappa shape index (κ2) is 8.49. The molecule has 0 aromatic heterocycles. The van der Waals surface area contributed by atoms with E-state index >= 15 is 0 Å². The second-order valence-corrected chi connectivity index (χ2v) is 5.26. The number of amides is 2. The lowest BCUT2D eigenvalue weighted by molar-refractivity contribution is -0.149. The predicted molar refractivity (Wildman–Crippen MR) is 77.9 cm³/mol. The topological polar surface area (TPSA) is 95.9 Å². The van der Waals surface area contributed by atoms with E-state index in [1.54, 1.807) is 27.8 Å². The molecule has 0 aliphatic carbocycles. The molecule has 0 bridgehead atoms. The first-order chi connectivity index (χ1) is 9.73. The van der Waals surface area contributed by atoms with E-state index in [0.29, 0.717) is 12.8 Å². The second-order valence-electron chi connectivity index (χ2n) is 5.26. The number of carbonyl (C=O) groups is 3. The molecule has 0 heterocycles. The van der Waals surface area contributed by atoms with Crippen LogP contribution in [0.4, 0.5) is 4.79 Å². The van der Waals surface area contributed by atoms with Gasteiger partial charge in [-0.15, -0.1) is 0 Å². The summed E-state index contributed by atoms with van der Waals surface area (Å²) in [5.41, 5.74) is -0.954. The average molecular weight is 302 g/mol. The normalized spacial score (nSPS) is 12.4. The Labute approximate surface area is 125 Å². The van der Waals surface area contributed by atoms with Gasteiger partial charge >= 0.3 is 18.0 Å². The summed E-state index contributed by atoms with van der Waals surface area (Å²) in [6.07, 6.45) is 0.864. The van der Waals surface area contributed by atoms with Crippen molar-refractivity contribution in [2.45, 2.75) is 33.6 Å². The molecule has 0 aromatic carbocycles. The standard InChI is InChI=1S/C14H26N2O5/c1-6-14(7-2,12(18)19)9-15-13(20)16(4)8-10(3)11(17)21-5/h10H,6-9H2,1-5H3,(H,15,20)(H,18,19). The maximum atomic E-state index is 12.0. The molecule has 122 valence electrons. The van der Waals surface area contributed by atoms with Crippen LogP contribution < -0.4 is 5.32 Å². The van der Waals surface area contributed by atoms with Crippen molar-refractivity contribution in [3.05, 3.63) is 0 Å². The van der Waals surface area contributed by atoms with Gasteiger partial charge in [0, 0.05) is 20.1 Å². The molecule has 0 saturated heterocycles. The number of nitrogens with zero attached hydrogens (tertiary/aromatic N) is 1. The molecule has 1 unspecified atom stereocenters. The van der Waals surface area contributed by atoms with Gasteiger partial charge in [0.05, 0.1) is 18.4 Å². The third-order valence-corrected chi connectivity index (χ3v) is 3.88. The number of urea groups is 1. The molecular formula is C14H26N2O5.